The van der Waals surface area contributed by atoms with Gasteiger partial charge in [0.2, 0.25) is 5.91 Å². The summed E-state index contributed by atoms with van der Waals surface area (Å²) in [6, 6.07) is 16.5. The highest BCUT2D eigenvalue weighted by Gasteiger charge is 2.28. The molecule has 0 bridgehead atoms. The Bertz CT molecular complexity index is 1530. The Morgan fingerprint density at radius 3 is 2.62 bits per heavy atom. The molecule has 1 saturated carbocycles. The van der Waals surface area contributed by atoms with Crippen LogP contribution < -0.4 is 20.7 Å². The number of nitrogens with zero attached hydrogens (tertiary/aromatic N) is 3. The van der Waals surface area contributed by atoms with E-state index in [1.165, 1.54) is 17.2 Å². The van der Waals surface area contributed by atoms with Crippen molar-refractivity contribution in [2.75, 3.05) is 11.9 Å². The molecule has 3 atom stereocenters. The van der Waals surface area contributed by atoms with E-state index in [2.05, 4.69) is 29.6 Å². The summed E-state index contributed by atoms with van der Waals surface area (Å²) >= 11 is 0. The maximum atomic E-state index is 13.7. The molecule has 0 unspecified atom stereocenters. The van der Waals surface area contributed by atoms with Crippen LogP contribution in [0.1, 0.15) is 97.3 Å². The Labute approximate surface area is 277 Å². The Morgan fingerprint density at radius 1 is 1.06 bits per heavy atom. The van der Waals surface area contributed by atoms with Crippen molar-refractivity contribution in [3.63, 3.8) is 0 Å². The molecule has 1 fully saturated rings. The van der Waals surface area contributed by atoms with E-state index >= 15 is 0 Å². The van der Waals surface area contributed by atoms with Crippen LogP contribution in [0.25, 0.3) is 0 Å². The second kappa shape index (κ2) is 17.9. The molecule has 11 nitrogen and oxygen atoms in total. The third kappa shape index (κ3) is 10.7. The summed E-state index contributed by atoms with van der Waals surface area (Å²) in [7, 11) is 0. The smallest absolute Gasteiger partial charge is 0.284 e. The first-order valence-electron chi connectivity index (χ1n) is 16.5. The van der Waals surface area contributed by atoms with E-state index in [0.29, 0.717) is 30.6 Å². The fraction of sp³-hybridized carbons (Fsp3) is 0.472. The lowest BCUT2D eigenvalue weighted by Crippen LogP contribution is -2.47. The van der Waals surface area contributed by atoms with Gasteiger partial charge in [-0.1, -0.05) is 82.3 Å². The second-order valence-corrected chi connectivity index (χ2v) is 12.3. The zero-order valence-corrected chi connectivity index (χ0v) is 27.6. The van der Waals surface area contributed by atoms with Gasteiger partial charge in [0.15, 0.2) is 11.9 Å². The first kappa shape index (κ1) is 35.2. The number of aromatic nitrogens is 2. The van der Waals surface area contributed by atoms with Gasteiger partial charge in [0.05, 0.1) is 31.0 Å². The molecule has 0 spiro atoms. The predicted octanol–water partition coefficient (Wildman–Crippen LogP) is 5.89. The van der Waals surface area contributed by atoms with Crippen molar-refractivity contribution in [3.05, 3.63) is 77.1 Å². The van der Waals surface area contributed by atoms with Gasteiger partial charge in [0, 0.05) is 6.07 Å². The van der Waals surface area contributed by atoms with Crippen LogP contribution in [0.4, 0.5) is 5.69 Å². The number of rotatable bonds is 16. The highest BCUT2D eigenvalue weighted by atomic mass is 16.5. The molecule has 0 aliphatic heterocycles. The summed E-state index contributed by atoms with van der Waals surface area (Å²) in [6.07, 6.45) is 9.51. The molecule has 1 aromatic heterocycles. The molecule has 0 saturated heterocycles. The first-order valence-corrected chi connectivity index (χ1v) is 16.5. The SMILES string of the molecule is CCCCC[C@@H](C)COc1ccc(C)cc1NC(=O)c1cc(C(=O)NC#N)nn1CC(=O)N[C@H]1CCCC[C@@H]1OCc1ccccc1. The minimum absolute atomic E-state index is 0.0100. The van der Waals surface area contributed by atoms with Gasteiger partial charge >= 0.3 is 0 Å². The molecular weight excluding hydrogens is 596 g/mol. The predicted molar refractivity (Wildman–Crippen MR) is 179 cm³/mol. The maximum Gasteiger partial charge on any atom is 0.284 e. The van der Waals surface area contributed by atoms with E-state index in [1.54, 1.807) is 6.19 Å². The number of hydrogen-bond donors (Lipinski definition) is 3. The second-order valence-electron chi connectivity index (χ2n) is 12.3. The third-order valence-corrected chi connectivity index (χ3v) is 8.27. The highest BCUT2D eigenvalue weighted by Crippen LogP contribution is 2.28. The fourth-order valence-corrected chi connectivity index (χ4v) is 5.69. The summed E-state index contributed by atoms with van der Waals surface area (Å²) in [5, 5.41) is 21.2. The summed E-state index contributed by atoms with van der Waals surface area (Å²) in [5.74, 6) is -0.851. The Morgan fingerprint density at radius 2 is 1.85 bits per heavy atom. The monoisotopic (exact) mass is 642 g/mol. The molecule has 1 aliphatic carbocycles. The van der Waals surface area contributed by atoms with Crippen LogP contribution in [0, 0.1) is 24.3 Å². The van der Waals surface area contributed by atoms with Gasteiger partial charge in [-0.25, -0.2) is 4.68 Å². The van der Waals surface area contributed by atoms with Crippen molar-refractivity contribution in [2.45, 2.75) is 97.4 Å². The molecule has 2 aromatic carbocycles. The minimum atomic E-state index is -0.779. The van der Waals surface area contributed by atoms with Crippen LogP contribution in [0.3, 0.4) is 0 Å². The summed E-state index contributed by atoms with van der Waals surface area (Å²) < 4.78 is 13.5. The van der Waals surface area contributed by atoms with E-state index in [4.69, 9.17) is 14.7 Å². The largest absolute Gasteiger partial charge is 0.491 e. The van der Waals surface area contributed by atoms with Gasteiger partial charge in [0.25, 0.3) is 11.8 Å². The number of amides is 3. The molecule has 11 heteroatoms. The lowest BCUT2D eigenvalue weighted by atomic mass is 9.92. The lowest BCUT2D eigenvalue weighted by Gasteiger charge is -2.32. The summed E-state index contributed by atoms with van der Waals surface area (Å²) in [5.41, 5.74) is 2.28. The van der Waals surface area contributed by atoms with E-state index in [-0.39, 0.29) is 36.0 Å². The van der Waals surface area contributed by atoms with Crippen molar-refractivity contribution in [1.29, 1.82) is 5.26 Å². The standard InChI is InChI=1S/C36H46N6O5/c1-4-5-7-12-26(3)22-46-33-18-17-25(2)19-29(33)40-36(45)31-20-30(35(44)38-24-37)41-42(31)21-34(43)39-28-15-10-11-16-32(28)47-23-27-13-8-6-9-14-27/h6,8-9,13-14,17-20,26,28,32H,4-5,7,10-12,15-16,21-23H2,1-3H3,(H,38,44)(H,39,43)(H,40,45)/t26-,28+,32+/m1/s1. The quantitative estimate of drug-likeness (QED) is 0.100. The number of carbonyl (C=O) groups excluding carboxylic acids is 3. The molecule has 1 aliphatic rings. The molecule has 0 radical (unpaired) electrons. The average Bonchev–Trinajstić information content (AvgIpc) is 3.48. The molecule has 4 rings (SSSR count). The zero-order chi connectivity index (χ0) is 33.6. The number of nitriles is 1. The molecule has 47 heavy (non-hydrogen) atoms. The summed E-state index contributed by atoms with van der Waals surface area (Å²) in [4.78, 5) is 39.5. The van der Waals surface area contributed by atoms with Crippen LogP contribution in [-0.2, 0) is 22.7 Å². The zero-order valence-electron chi connectivity index (χ0n) is 27.6. The van der Waals surface area contributed by atoms with Crippen molar-refractivity contribution >= 4 is 23.4 Å². The van der Waals surface area contributed by atoms with Gasteiger partial charge in [-0.15, -0.1) is 0 Å². The van der Waals surface area contributed by atoms with Crippen LogP contribution in [0.2, 0.25) is 0 Å². The number of carbonyl (C=O) groups is 3. The van der Waals surface area contributed by atoms with E-state index in [9.17, 15) is 14.4 Å². The Kier molecular flexibility index (Phi) is 13.4. The molecule has 3 aromatic rings. The highest BCUT2D eigenvalue weighted by molar-refractivity contribution is 6.06. The number of benzene rings is 2. The van der Waals surface area contributed by atoms with Crippen molar-refractivity contribution in [2.24, 2.45) is 5.92 Å². The molecule has 3 amide bonds. The Hall–Kier alpha value is -4.69. The number of anilines is 1. The van der Waals surface area contributed by atoms with Crippen molar-refractivity contribution in [1.82, 2.24) is 20.4 Å². The van der Waals surface area contributed by atoms with Gasteiger partial charge in [-0.05, 0) is 55.4 Å². The van der Waals surface area contributed by atoms with Gasteiger partial charge < -0.3 is 20.1 Å². The normalized spacial score (nSPS) is 16.5. The van der Waals surface area contributed by atoms with Gasteiger partial charge in [-0.3, -0.25) is 19.7 Å². The first-order chi connectivity index (χ1) is 22.8. The van der Waals surface area contributed by atoms with Gasteiger partial charge in [0.1, 0.15) is 18.0 Å². The summed E-state index contributed by atoms with van der Waals surface area (Å²) in [6.45, 7) is 6.87. The van der Waals surface area contributed by atoms with Crippen molar-refractivity contribution < 1.29 is 23.9 Å². The molecule has 1 heterocycles. The van der Waals surface area contributed by atoms with E-state index < -0.39 is 11.8 Å². The number of ether oxygens (including phenoxy) is 2. The van der Waals surface area contributed by atoms with Crippen LogP contribution >= 0.6 is 0 Å². The van der Waals surface area contributed by atoms with Crippen LogP contribution in [-0.4, -0.2) is 46.3 Å². The maximum absolute atomic E-state index is 13.7. The molecule has 3 N–H and O–H groups in total. The fourth-order valence-electron chi connectivity index (χ4n) is 5.69. The van der Waals surface area contributed by atoms with Crippen LogP contribution in [0.5, 0.6) is 5.75 Å². The van der Waals surface area contributed by atoms with Crippen LogP contribution in [0.15, 0.2) is 54.6 Å². The van der Waals surface area contributed by atoms with Gasteiger partial charge in [-0.2, -0.15) is 10.4 Å². The third-order valence-electron chi connectivity index (χ3n) is 8.27. The molecule has 250 valence electrons. The lowest BCUT2D eigenvalue weighted by molar-refractivity contribution is -0.124. The van der Waals surface area contributed by atoms with E-state index in [1.807, 2.05) is 60.8 Å². The topological polar surface area (TPSA) is 147 Å². The number of hydrogen-bond acceptors (Lipinski definition) is 7. The molecular formula is C36H46N6O5. The number of unbranched alkanes of at least 4 members (excludes halogenated alkanes) is 2. The van der Waals surface area contributed by atoms with E-state index in [0.717, 1.165) is 56.1 Å². The minimum Gasteiger partial charge on any atom is -0.491 e. The Balaban J connectivity index is 1.47. The average molecular weight is 643 g/mol. The number of nitrogens with one attached hydrogen (secondary N) is 3. The van der Waals surface area contributed by atoms with Crippen molar-refractivity contribution in [3.8, 4) is 11.9 Å². The number of aryl methyl sites for hydroxylation is 1.